The van der Waals surface area contributed by atoms with Gasteiger partial charge in [-0.25, -0.2) is 4.79 Å². The quantitative estimate of drug-likeness (QED) is 0.911. The summed E-state index contributed by atoms with van der Waals surface area (Å²) in [5.74, 6) is 0. The average molecular weight is 304 g/mol. The topological polar surface area (TPSA) is 59.0 Å². The van der Waals surface area contributed by atoms with E-state index in [-0.39, 0.29) is 6.03 Å². The highest BCUT2D eigenvalue weighted by Crippen LogP contribution is 2.23. The van der Waals surface area contributed by atoms with Crippen LogP contribution in [0.3, 0.4) is 0 Å². The molecule has 0 saturated heterocycles. The second-order valence-electron chi connectivity index (χ2n) is 5.32. The predicted molar refractivity (Wildman–Crippen MR) is 83.2 cm³/mol. The Hall–Kier alpha value is -1.82. The number of amides is 2. The molecule has 2 amide bonds. The van der Waals surface area contributed by atoms with Gasteiger partial charge in [-0.1, -0.05) is 6.07 Å². The van der Waals surface area contributed by atoms with Crippen molar-refractivity contribution >= 4 is 17.4 Å². The largest absolute Gasteiger partial charge is 0.333 e. The molecular weight excluding hydrogens is 284 g/mol. The third-order valence-electron chi connectivity index (χ3n) is 3.87. The molecule has 0 aromatic carbocycles. The van der Waals surface area contributed by atoms with E-state index in [9.17, 15) is 4.79 Å². The normalized spacial score (nSPS) is 13.8. The van der Waals surface area contributed by atoms with Crippen LogP contribution in [0.25, 0.3) is 0 Å². The number of thiophene rings is 1. The highest BCUT2D eigenvalue weighted by atomic mass is 32.1. The molecule has 0 radical (unpaired) electrons. The van der Waals surface area contributed by atoms with E-state index in [0.29, 0.717) is 13.1 Å². The van der Waals surface area contributed by atoms with Crippen LogP contribution in [-0.4, -0.2) is 15.8 Å². The van der Waals surface area contributed by atoms with Crippen molar-refractivity contribution in [1.82, 2.24) is 20.4 Å². The lowest BCUT2D eigenvalue weighted by molar-refractivity contribution is 0.240. The fourth-order valence-corrected chi connectivity index (χ4v) is 3.45. The molecular formula is C15H20N4OS. The summed E-state index contributed by atoms with van der Waals surface area (Å²) in [4.78, 5) is 13.0. The maximum Gasteiger partial charge on any atom is 0.315 e. The van der Waals surface area contributed by atoms with E-state index in [0.717, 1.165) is 23.4 Å². The van der Waals surface area contributed by atoms with E-state index in [1.54, 1.807) is 11.3 Å². The van der Waals surface area contributed by atoms with Crippen molar-refractivity contribution in [2.45, 2.75) is 38.8 Å². The summed E-state index contributed by atoms with van der Waals surface area (Å²) in [7, 11) is 1.99. The maximum atomic E-state index is 11.8. The van der Waals surface area contributed by atoms with Crippen LogP contribution in [0.2, 0.25) is 0 Å². The highest BCUT2D eigenvalue weighted by molar-refractivity contribution is 7.09. The van der Waals surface area contributed by atoms with Crippen LogP contribution in [0.5, 0.6) is 0 Å². The first-order valence-corrected chi connectivity index (χ1v) is 8.19. The minimum atomic E-state index is -0.140. The molecule has 0 aliphatic heterocycles. The van der Waals surface area contributed by atoms with Crippen LogP contribution in [0, 0.1) is 0 Å². The number of aryl methyl sites for hydroxylation is 1. The first-order valence-electron chi connectivity index (χ1n) is 7.32. The van der Waals surface area contributed by atoms with Gasteiger partial charge in [0.05, 0.1) is 18.8 Å². The van der Waals surface area contributed by atoms with Crippen LogP contribution < -0.4 is 10.6 Å². The number of carbonyl (C=O) groups is 1. The zero-order chi connectivity index (χ0) is 14.7. The number of aromatic nitrogens is 2. The zero-order valence-corrected chi connectivity index (χ0v) is 13.0. The molecule has 1 aliphatic rings. The van der Waals surface area contributed by atoms with Crippen molar-refractivity contribution in [3.8, 4) is 0 Å². The van der Waals surface area contributed by atoms with Gasteiger partial charge in [-0.05, 0) is 42.7 Å². The Bertz CT molecular complexity index is 618. The summed E-state index contributed by atoms with van der Waals surface area (Å²) in [6.07, 6.45) is 4.64. The molecule has 2 aromatic heterocycles. The molecule has 0 atom stereocenters. The van der Waals surface area contributed by atoms with Gasteiger partial charge in [0.25, 0.3) is 0 Å². The summed E-state index contributed by atoms with van der Waals surface area (Å²) in [5, 5.41) is 12.3. The Morgan fingerprint density at radius 1 is 1.33 bits per heavy atom. The van der Waals surface area contributed by atoms with Gasteiger partial charge >= 0.3 is 6.03 Å². The summed E-state index contributed by atoms with van der Waals surface area (Å²) in [6.45, 7) is 1.07. The van der Waals surface area contributed by atoms with Crippen LogP contribution >= 0.6 is 11.3 Å². The number of rotatable bonds is 4. The molecule has 2 heterocycles. The Morgan fingerprint density at radius 2 is 2.14 bits per heavy atom. The SMILES string of the molecule is Cn1nc(CNC(=O)NCc2cccs2)c2c1CCCC2. The summed E-state index contributed by atoms with van der Waals surface area (Å²) in [6, 6.07) is 3.86. The second kappa shape index (κ2) is 6.30. The standard InChI is InChI=1S/C15H20N4OS/c1-19-14-7-3-2-6-12(14)13(18-19)10-17-15(20)16-9-11-5-4-8-21-11/h4-5,8H,2-3,6-7,9-10H2,1H3,(H2,16,17,20). The van der Waals surface area contributed by atoms with Crippen LogP contribution in [0.4, 0.5) is 4.79 Å². The molecule has 1 aliphatic carbocycles. The lowest BCUT2D eigenvalue weighted by Gasteiger charge is -2.12. The van der Waals surface area contributed by atoms with E-state index in [1.807, 2.05) is 29.2 Å². The van der Waals surface area contributed by atoms with Gasteiger partial charge in [0.1, 0.15) is 0 Å². The van der Waals surface area contributed by atoms with Gasteiger partial charge in [0.15, 0.2) is 0 Å². The van der Waals surface area contributed by atoms with Gasteiger partial charge in [0, 0.05) is 17.6 Å². The van der Waals surface area contributed by atoms with Gasteiger partial charge in [-0.3, -0.25) is 4.68 Å². The first-order chi connectivity index (χ1) is 10.2. The molecule has 21 heavy (non-hydrogen) atoms. The van der Waals surface area contributed by atoms with Crippen molar-refractivity contribution in [2.75, 3.05) is 0 Å². The lowest BCUT2D eigenvalue weighted by atomic mass is 9.96. The Kier molecular flexibility index (Phi) is 4.24. The maximum absolute atomic E-state index is 11.8. The number of urea groups is 1. The third-order valence-corrected chi connectivity index (χ3v) is 4.74. The van der Waals surface area contributed by atoms with E-state index in [1.165, 1.54) is 24.1 Å². The van der Waals surface area contributed by atoms with Crippen molar-refractivity contribution in [3.63, 3.8) is 0 Å². The summed E-state index contributed by atoms with van der Waals surface area (Å²) < 4.78 is 1.97. The smallest absolute Gasteiger partial charge is 0.315 e. The molecule has 0 bridgehead atoms. The Balaban J connectivity index is 1.54. The number of hydrogen-bond donors (Lipinski definition) is 2. The predicted octanol–water partition coefficient (Wildman–Crippen LogP) is 2.36. The monoisotopic (exact) mass is 304 g/mol. The zero-order valence-electron chi connectivity index (χ0n) is 12.2. The molecule has 0 unspecified atom stereocenters. The summed E-state index contributed by atoms with van der Waals surface area (Å²) >= 11 is 1.64. The number of nitrogens with one attached hydrogen (secondary N) is 2. The van der Waals surface area contributed by atoms with Gasteiger partial charge in [-0.2, -0.15) is 5.10 Å². The van der Waals surface area contributed by atoms with E-state index in [4.69, 9.17) is 0 Å². The fourth-order valence-electron chi connectivity index (χ4n) is 2.81. The minimum absolute atomic E-state index is 0.140. The lowest BCUT2D eigenvalue weighted by Crippen LogP contribution is -2.34. The summed E-state index contributed by atoms with van der Waals surface area (Å²) in [5.41, 5.74) is 3.68. The van der Waals surface area contributed by atoms with Crippen molar-refractivity contribution in [2.24, 2.45) is 7.05 Å². The van der Waals surface area contributed by atoms with Crippen molar-refractivity contribution in [3.05, 3.63) is 39.3 Å². The minimum Gasteiger partial charge on any atom is -0.333 e. The molecule has 6 heteroatoms. The number of fused-ring (bicyclic) bond motifs is 1. The molecule has 2 aromatic rings. The van der Waals surface area contributed by atoms with Crippen molar-refractivity contribution < 1.29 is 4.79 Å². The number of hydrogen-bond acceptors (Lipinski definition) is 3. The van der Waals surface area contributed by atoms with Gasteiger partial charge < -0.3 is 10.6 Å². The molecule has 2 N–H and O–H groups in total. The molecule has 112 valence electrons. The number of carbonyl (C=O) groups excluding carboxylic acids is 1. The average Bonchev–Trinajstić information content (AvgIpc) is 3.12. The van der Waals surface area contributed by atoms with Gasteiger partial charge in [-0.15, -0.1) is 11.3 Å². The molecule has 0 saturated carbocycles. The molecule has 0 spiro atoms. The van der Waals surface area contributed by atoms with E-state index >= 15 is 0 Å². The molecule has 5 nitrogen and oxygen atoms in total. The third kappa shape index (κ3) is 3.26. The van der Waals surface area contributed by atoms with Crippen LogP contribution in [0.15, 0.2) is 17.5 Å². The van der Waals surface area contributed by atoms with E-state index < -0.39 is 0 Å². The van der Waals surface area contributed by atoms with E-state index in [2.05, 4.69) is 15.7 Å². The Labute approximate surface area is 128 Å². The second-order valence-corrected chi connectivity index (χ2v) is 6.35. The highest BCUT2D eigenvalue weighted by Gasteiger charge is 2.19. The first kappa shape index (κ1) is 14.1. The van der Waals surface area contributed by atoms with Crippen LogP contribution in [0.1, 0.15) is 34.7 Å². The number of nitrogens with zero attached hydrogens (tertiary/aromatic N) is 2. The molecule has 3 rings (SSSR count). The fraction of sp³-hybridized carbons (Fsp3) is 0.467. The van der Waals surface area contributed by atoms with Crippen molar-refractivity contribution in [1.29, 1.82) is 0 Å². The Morgan fingerprint density at radius 3 is 2.95 bits per heavy atom. The van der Waals surface area contributed by atoms with Crippen LogP contribution in [-0.2, 0) is 33.0 Å². The molecule has 0 fully saturated rings. The van der Waals surface area contributed by atoms with Gasteiger partial charge in [0.2, 0.25) is 0 Å².